The highest BCUT2D eigenvalue weighted by molar-refractivity contribution is 5.86. The molecule has 0 radical (unpaired) electrons. The molecule has 2 aromatic rings. The van der Waals surface area contributed by atoms with Gasteiger partial charge in [-0.2, -0.15) is 10.4 Å². The van der Waals surface area contributed by atoms with Crippen LogP contribution in [0.1, 0.15) is 11.6 Å². The molecule has 82 valence electrons. The average Bonchev–Trinajstić information content (AvgIpc) is 2.86. The molecule has 17 heavy (non-hydrogen) atoms. The summed E-state index contributed by atoms with van der Waals surface area (Å²) in [6.07, 6.45) is 0. The summed E-state index contributed by atoms with van der Waals surface area (Å²) in [6.45, 7) is 0. The van der Waals surface area contributed by atoms with Crippen LogP contribution < -0.4 is 5.43 Å². The van der Waals surface area contributed by atoms with Crippen LogP contribution in [0.15, 0.2) is 52.8 Å². The lowest BCUT2D eigenvalue weighted by Gasteiger charge is -2.12. The predicted octanol–water partition coefficient (Wildman–Crippen LogP) is 2.74. The third-order valence-electron chi connectivity index (χ3n) is 2.98. The molecule has 1 heterocycles. The van der Waals surface area contributed by atoms with Crippen molar-refractivity contribution in [1.29, 1.82) is 5.26 Å². The first-order valence-corrected chi connectivity index (χ1v) is 5.43. The van der Waals surface area contributed by atoms with Crippen molar-refractivity contribution in [1.82, 2.24) is 5.43 Å². The van der Waals surface area contributed by atoms with E-state index in [9.17, 15) is 0 Å². The number of hydrogen-bond donors (Lipinski definition) is 1. The summed E-state index contributed by atoms with van der Waals surface area (Å²) < 4.78 is 0. The Morgan fingerprint density at radius 1 is 1.12 bits per heavy atom. The van der Waals surface area contributed by atoms with Gasteiger partial charge in [-0.25, -0.2) is 0 Å². The van der Waals surface area contributed by atoms with E-state index in [1.165, 1.54) is 0 Å². The number of nitriles is 1. The molecular formula is C13H10N4. The van der Waals surface area contributed by atoms with Crippen LogP contribution in [0.5, 0.6) is 0 Å². The van der Waals surface area contributed by atoms with Gasteiger partial charge in [0.2, 0.25) is 0 Å². The Morgan fingerprint density at radius 2 is 1.94 bits per heavy atom. The van der Waals surface area contributed by atoms with Gasteiger partial charge in [0, 0.05) is 0 Å². The van der Waals surface area contributed by atoms with Crippen molar-refractivity contribution in [3.05, 3.63) is 48.0 Å². The van der Waals surface area contributed by atoms with Crippen LogP contribution >= 0.6 is 0 Å². The lowest BCUT2D eigenvalue weighted by atomic mass is 9.95. The molecule has 4 heteroatoms. The molecule has 0 unspecified atom stereocenters. The van der Waals surface area contributed by atoms with Crippen LogP contribution in [0.25, 0.3) is 10.8 Å². The standard InChI is InChI=1S/C13H10N4/c14-8-12-13(16-17-15-12)11-7-3-5-9-4-1-2-6-10(9)11/h1-7,12-13H,(H,15,16)/t12-,13+/m0/s1. The summed E-state index contributed by atoms with van der Waals surface area (Å²) in [5, 5.41) is 19.2. The van der Waals surface area contributed by atoms with Crippen molar-refractivity contribution in [2.45, 2.75) is 12.1 Å². The van der Waals surface area contributed by atoms with Gasteiger partial charge in [0.25, 0.3) is 0 Å². The lowest BCUT2D eigenvalue weighted by molar-refractivity contribution is 0.633. The summed E-state index contributed by atoms with van der Waals surface area (Å²) in [5.74, 6) is 0. The summed E-state index contributed by atoms with van der Waals surface area (Å²) in [6, 6.07) is 15.7. The maximum atomic E-state index is 9.04. The van der Waals surface area contributed by atoms with E-state index in [-0.39, 0.29) is 12.1 Å². The molecule has 0 spiro atoms. The monoisotopic (exact) mass is 222 g/mol. The van der Waals surface area contributed by atoms with E-state index < -0.39 is 0 Å². The molecule has 2 atom stereocenters. The molecule has 0 fully saturated rings. The van der Waals surface area contributed by atoms with Crippen molar-refractivity contribution < 1.29 is 0 Å². The Balaban J connectivity index is 2.18. The SMILES string of the molecule is N#C[C@@H]1NN=N[C@@H]1c1cccc2ccccc12. The minimum absolute atomic E-state index is 0.217. The fourth-order valence-corrected chi connectivity index (χ4v) is 2.14. The molecule has 0 saturated carbocycles. The van der Waals surface area contributed by atoms with Crippen LogP contribution in [0.4, 0.5) is 0 Å². The van der Waals surface area contributed by atoms with Gasteiger partial charge < -0.3 is 0 Å². The second-order valence-electron chi connectivity index (χ2n) is 3.96. The molecular weight excluding hydrogens is 212 g/mol. The molecule has 4 nitrogen and oxygen atoms in total. The Morgan fingerprint density at radius 3 is 2.82 bits per heavy atom. The van der Waals surface area contributed by atoms with E-state index in [0.29, 0.717) is 0 Å². The van der Waals surface area contributed by atoms with Gasteiger partial charge in [-0.05, 0) is 16.3 Å². The quantitative estimate of drug-likeness (QED) is 0.806. The number of hydrogen-bond acceptors (Lipinski definition) is 4. The van der Waals surface area contributed by atoms with Gasteiger partial charge in [-0.1, -0.05) is 47.7 Å². The Labute approximate surface area is 98.6 Å². The second-order valence-corrected chi connectivity index (χ2v) is 3.96. The Kier molecular flexibility index (Phi) is 2.23. The summed E-state index contributed by atoms with van der Waals surface area (Å²) in [5.41, 5.74) is 3.76. The second kappa shape index (κ2) is 3.87. The number of fused-ring (bicyclic) bond motifs is 1. The van der Waals surface area contributed by atoms with Gasteiger partial charge >= 0.3 is 0 Å². The normalized spacial score (nSPS) is 22.3. The van der Waals surface area contributed by atoms with Crippen molar-refractivity contribution in [2.75, 3.05) is 0 Å². The van der Waals surface area contributed by atoms with E-state index >= 15 is 0 Å². The van der Waals surface area contributed by atoms with Crippen LogP contribution in [-0.2, 0) is 0 Å². The molecule has 3 rings (SSSR count). The zero-order valence-electron chi connectivity index (χ0n) is 9.04. The van der Waals surface area contributed by atoms with E-state index in [1.807, 2.05) is 30.3 Å². The van der Waals surface area contributed by atoms with Gasteiger partial charge in [0.15, 0.2) is 6.04 Å². The average molecular weight is 222 g/mol. The molecule has 1 N–H and O–H groups in total. The van der Waals surface area contributed by atoms with Gasteiger partial charge in [-0.3, -0.25) is 5.43 Å². The van der Waals surface area contributed by atoms with Gasteiger partial charge in [-0.15, -0.1) is 0 Å². The third kappa shape index (κ3) is 1.53. The largest absolute Gasteiger partial charge is 0.272 e. The highest BCUT2D eigenvalue weighted by Gasteiger charge is 2.28. The number of nitrogens with zero attached hydrogens (tertiary/aromatic N) is 3. The van der Waals surface area contributed by atoms with Crippen molar-refractivity contribution in [2.24, 2.45) is 10.3 Å². The first-order chi connectivity index (χ1) is 8.40. The maximum Gasteiger partial charge on any atom is 0.160 e. The molecule has 0 aliphatic carbocycles. The van der Waals surface area contributed by atoms with E-state index in [0.717, 1.165) is 16.3 Å². The van der Waals surface area contributed by atoms with Crippen LogP contribution in [0.2, 0.25) is 0 Å². The number of rotatable bonds is 1. The van der Waals surface area contributed by atoms with Crippen molar-refractivity contribution in [3.63, 3.8) is 0 Å². The van der Waals surface area contributed by atoms with E-state index in [2.05, 4.69) is 34.0 Å². The van der Waals surface area contributed by atoms with Crippen LogP contribution in [0, 0.1) is 11.3 Å². The number of benzene rings is 2. The number of nitrogens with one attached hydrogen (secondary N) is 1. The smallest absolute Gasteiger partial charge is 0.160 e. The van der Waals surface area contributed by atoms with Crippen molar-refractivity contribution >= 4 is 10.8 Å². The van der Waals surface area contributed by atoms with E-state index in [1.54, 1.807) is 0 Å². The zero-order valence-corrected chi connectivity index (χ0v) is 9.04. The zero-order chi connectivity index (χ0) is 11.7. The minimum Gasteiger partial charge on any atom is -0.272 e. The fourth-order valence-electron chi connectivity index (χ4n) is 2.14. The molecule has 0 aromatic heterocycles. The van der Waals surface area contributed by atoms with Gasteiger partial charge in [0.05, 0.1) is 6.07 Å². The highest BCUT2D eigenvalue weighted by atomic mass is 15.5. The van der Waals surface area contributed by atoms with Crippen LogP contribution in [-0.4, -0.2) is 6.04 Å². The van der Waals surface area contributed by atoms with Crippen LogP contribution in [0.3, 0.4) is 0 Å². The Hall–Kier alpha value is -2.41. The highest BCUT2D eigenvalue weighted by Crippen LogP contribution is 2.31. The Bertz CT molecular complexity index is 621. The van der Waals surface area contributed by atoms with Gasteiger partial charge in [0.1, 0.15) is 6.04 Å². The molecule has 1 aliphatic heterocycles. The molecule has 2 aromatic carbocycles. The van der Waals surface area contributed by atoms with Crippen molar-refractivity contribution in [3.8, 4) is 6.07 Å². The lowest BCUT2D eigenvalue weighted by Crippen LogP contribution is -2.23. The summed E-state index contributed by atoms with van der Waals surface area (Å²) in [4.78, 5) is 0. The predicted molar refractivity (Wildman–Crippen MR) is 64.1 cm³/mol. The third-order valence-corrected chi connectivity index (χ3v) is 2.98. The summed E-state index contributed by atoms with van der Waals surface area (Å²) in [7, 11) is 0. The summed E-state index contributed by atoms with van der Waals surface area (Å²) >= 11 is 0. The molecule has 1 aliphatic rings. The first kappa shape index (κ1) is 9.79. The molecule has 0 saturated heterocycles. The molecule has 0 amide bonds. The molecule has 0 bridgehead atoms. The topological polar surface area (TPSA) is 60.5 Å². The minimum atomic E-state index is -0.374. The van der Waals surface area contributed by atoms with E-state index in [4.69, 9.17) is 5.26 Å². The maximum absolute atomic E-state index is 9.04. The fraction of sp³-hybridized carbons (Fsp3) is 0.154. The first-order valence-electron chi connectivity index (χ1n) is 5.43.